The van der Waals surface area contributed by atoms with Gasteiger partial charge in [0.05, 0.1) is 18.8 Å². The van der Waals surface area contributed by atoms with E-state index in [1.807, 2.05) is 12.1 Å². The van der Waals surface area contributed by atoms with E-state index in [2.05, 4.69) is 51.6 Å². The van der Waals surface area contributed by atoms with Crippen LogP contribution in [0.2, 0.25) is 5.02 Å². The van der Waals surface area contributed by atoms with Crippen molar-refractivity contribution in [3.05, 3.63) is 53.2 Å². The van der Waals surface area contributed by atoms with Crippen LogP contribution < -0.4 is 9.80 Å². The number of benzene rings is 1. The second-order valence-corrected chi connectivity index (χ2v) is 8.93. The van der Waals surface area contributed by atoms with E-state index < -0.39 is 0 Å². The summed E-state index contributed by atoms with van der Waals surface area (Å²) in [5.74, 6) is 2.83. The molecule has 0 N–H and O–H groups in total. The molecule has 9 nitrogen and oxygen atoms in total. The molecule has 2 fully saturated rings. The van der Waals surface area contributed by atoms with E-state index in [1.165, 1.54) is 5.56 Å². The summed E-state index contributed by atoms with van der Waals surface area (Å²) >= 11 is 6.39. The summed E-state index contributed by atoms with van der Waals surface area (Å²) in [6.07, 6.45) is 4.43. The first-order chi connectivity index (χ1) is 15.8. The van der Waals surface area contributed by atoms with Gasteiger partial charge in [0.15, 0.2) is 5.82 Å². The molecule has 0 amide bonds. The Bertz CT molecular complexity index is 1090. The minimum absolute atomic E-state index is 0.393. The Balaban J connectivity index is 1.31. The average Bonchev–Trinajstić information content (AvgIpc) is 3.48. The number of halogens is 1. The van der Waals surface area contributed by atoms with Gasteiger partial charge in [-0.3, -0.25) is 9.47 Å². The third-order valence-electron chi connectivity index (χ3n) is 6.59. The van der Waals surface area contributed by atoms with Crippen LogP contribution in [0.25, 0.3) is 5.69 Å². The number of rotatable bonds is 3. The summed E-state index contributed by atoms with van der Waals surface area (Å²) in [6, 6.07) is 8.48. The summed E-state index contributed by atoms with van der Waals surface area (Å²) in [5, 5.41) is 10.0. The Hall–Kier alpha value is -2.75. The number of piperazine rings is 1. The number of anilines is 2. The van der Waals surface area contributed by atoms with Crippen LogP contribution in [0.4, 0.5) is 11.8 Å². The van der Waals surface area contributed by atoms with Gasteiger partial charge in [0.1, 0.15) is 12.1 Å². The maximum absolute atomic E-state index is 6.39. The first kappa shape index (κ1) is 19.9. The molecule has 0 spiro atoms. The summed E-state index contributed by atoms with van der Waals surface area (Å²) < 4.78 is 7.89. The molecule has 32 heavy (non-hydrogen) atoms. The van der Waals surface area contributed by atoms with E-state index in [0.29, 0.717) is 6.04 Å². The maximum atomic E-state index is 6.39. The van der Waals surface area contributed by atoms with Crippen molar-refractivity contribution in [1.29, 1.82) is 0 Å². The van der Waals surface area contributed by atoms with Crippen LogP contribution in [0.5, 0.6) is 0 Å². The monoisotopic (exact) mass is 452 g/mol. The van der Waals surface area contributed by atoms with Crippen molar-refractivity contribution in [3.63, 3.8) is 0 Å². The molecule has 3 aliphatic rings. The smallest absolute Gasteiger partial charge is 0.232 e. The van der Waals surface area contributed by atoms with E-state index in [9.17, 15) is 0 Å². The molecule has 1 atom stereocenters. The highest BCUT2D eigenvalue weighted by atomic mass is 35.5. The fraction of sp³-hybridized carbons (Fsp3) is 0.455. The topological polar surface area (TPSA) is 75.4 Å². The highest BCUT2D eigenvalue weighted by molar-refractivity contribution is 6.30. The van der Waals surface area contributed by atoms with Crippen molar-refractivity contribution in [1.82, 2.24) is 29.6 Å². The molecule has 0 bridgehead atoms. The first-order valence-electron chi connectivity index (χ1n) is 11.1. The van der Waals surface area contributed by atoms with E-state index in [0.717, 1.165) is 87.2 Å². The Morgan fingerprint density at radius 1 is 1.00 bits per heavy atom. The molecular formula is C22H25ClN8O. The number of aromatic nitrogens is 5. The largest absolute Gasteiger partial charge is 0.380 e. The van der Waals surface area contributed by atoms with Crippen LogP contribution in [0, 0.1) is 0 Å². The van der Waals surface area contributed by atoms with Crippen molar-refractivity contribution in [3.8, 4) is 5.69 Å². The Morgan fingerprint density at radius 3 is 2.66 bits per heavy atom. The van der Waals surface area contributed by atoms with Crippen molar-refractivity contribution in [2.45, 2.75) is 25.6 Å². The molecule has 3 aromatic rings. The van der Waals surface area contributed by atoms with Gasteiger partial charge in [-0.05, 0) is 36.2 Å². The van der Waals surface area contributed by atoms with Crippen LogP contribution in [-0.2, 0) is 17.8 Å². The molecule has 0 radical (unpaired) electrons. The third kappa shape index (κ3) is 3.60. The average molecular weight is 453 g/mol. The van der Waals surface area contributed by atoms with Gasteiger partial charge < -0.3 is 14.5 Å². The predicted octanol–water partition coefficient (Wildman–Crippen LogP) is 2.14. The second kappa shape index (κ2) is 8.31. The number of hydrogen-bond donors (Lipinski definition) is 0. The zero-order valence-electron chi connectivity index (χ0n) is 17.8. The predicted molar refractivity (Wildman–Crippen MR) is 121 cm³/mol. The summed E-state index contributed by atoms with van der Waals surface area (Å²) in [4.78, 5) is 15.5. The number of hydrogen-bond acceptors (Lipinski definition) is 8. The molecular weight excluding hydrogens is 428 g/mol. The normalized spacial score (nSPS) is 21.3. The Kier molecular flexibility index (Phi) is 5.17. The van der Waals surface area contributed by atoms with E-state index in [-0.39, 0.29) is 0 Å². The van der Waals surface area contributed by atoms with Crippen molar-refractivity contribution in [2.24, 2.45) is 0 Å². The molecule has 0 unspecified atom stereocenters. The molecule has 10 heteroatoms. The summed E-state index contributed by atoms with van der Waals surface area (Å²) in [5.41, 5.74) is 2.31. The van der Waals surface area contributed by atoms with Crippen molar-refractivity contribution < 1.29 is 4.74 Å². The lowest BCUT2D eigenvalue weighted by Crippen LogP contribution is -2.47. The quantitative estimate of drug-likeness (QED) is 0.598. The summed E-state index contributed by atoms with van der Waals surface area (Å²) in [6.45, 7) is 6.61. The minimum Gasteiger partial charge on any atom is -0.380 e. The van der Waals surface area contributed by atoms with Crippen LogP contribution in [-0.4, -0.2) is 75.1 Å². The van der Waals surface area contributed by atoms with Crippen LogP contribution >= 0.6 is 11.6 Å². The third-order valence-corrected chi connectivity index (χ3v) is 6.82. The maximum Gasteiger partial charge on any atom is 0.232 e. The lowest BCUT2D eigenvalue weighted by atomic mass is 10.1. The number of ether oxygens (including phenoxy) is 1. The number of nitrogens with zero attached hydrogens (tertiary/aromatic N) is 8. The van der Waals surface area contributed by atoms with Crippen molar-refractivity contribution >= 4 is 23.4 Å². The highest BCUT2D eigenvalue weighted by Gasteiger charge is 2.32. The van der Waals surface area contributed by atoms with Gasteiger partial charge in [-0.2, -0.15) is 0 Å². The van der Waals surface area contributed by atoms with Gasteiger partial charge in [-0.25, -0.2) is 9.97 Å². The second-order valence-electron chi connectivity index (χ2n) is 8.49. The van der Waals surface area contributed by atoms with Crippen LogP contribution in [0.1, 0.15) is 17.8 Å². The van der Waals surface area contributed by atoms with E-state index in [1.54, 1.807) is 12.5 Å². The standard InChI is InChI=1S/C22H25ClN8O/c23-17-1-2-19-16(11-17)12-30(18-4-10-32-14-18)13-21-26-27-22(31(19)21)29-8-6-28(7-9-29)20-3-5-24-15-25-20/h1-3,5,11,15,18H,4,6-10,12-14H2/t18-/m1/s1. The highest BCUT2D eigenvalue weighted by Crippen LogP contribution is 2.32. The summed E-state index contributed by atoms with van der Waals surface area (Å²) in [7, 11) is 0. The van der Waals surface area contributed by atoms with Gasteiger partial charge in [-0.15, -0.1) is 10.2 Å². The zero-order chi connectivity index (χ0) is 21.5. The minimum atomic E-state index is 0.393. The molecule has 0 saturated carbocycles. The van der Waals surface area contributed by atoms with E-state index >= 15 is 0 Å². The van der Waals surface area contributed by atoms with Crippen LogP contribution in [0.3, 0.4) is 0 Å². The first-order valence-corrected chi connectivity index (χ1v) is 11.4. The van der Waals surface area contributed by atoms with Gasteiger partial charge in [0, 0.05) is 56.6 Å². The fourth-order valence-electron chi connectivity index (χ4n) is 4.89. The molecule has 0 aliphatic carbocycles. The molecule has 6 rings (SSSR count). The van der Waals surface area contributed by atoms with Gasteiger partial charge in [0.2, 0.25) is 5.95 Å². The molecule has 3 aliphatic heterocycles. The van der Waals surface area contributed by atoms with Crippen LogP contribution in [0.15, 0.2) is 36.8 Å². The lowest BCUT2D eigenvalue weighted by Gasteiger charge is -2.35. The molecule has 2 aromatic heterocycles. The SMILES string of the molecule is Clc1ccc2c(c1)CN([C@@H]1CCOC1)Cc1nnc(N3CCN(c4ccncn4)CC3)n1-2. The Labute approximate surface area is 191 Å². The van der Waals surface area contributed by atoms with Crippen molar-refractivity contribution in [2.75, 3.05) is 49.2 Å². The molecule has 166 valence electrons. The lowest BCUT2D eigenvalue weighted by molar-refractivity contribution is 0.133. The van der Waals surface area contributed by atoms with Gasteiger partial charge in [-0.1, -0.05) is 11.6 Å². The Morgan fingerprint density at radius 2 is 1.88 bits per heavy atom. The zero-order valence-corrected chi connectivity index (χ0v) is 18.5. The van der Waals surface area contributed by atoms with E-state index in [4.69, 9.17) is 16.3 Å². The fourth-order valence-corrected chi connectivity index (χ4v) is 5.09. The number of fused-ring (bicyclic) bond motifs is 3. The molecule has 2 saturated heterocycles. The van der Waals surface area contributed by atoms with Gasteiger partial charge in [0.25, 0.3) is 0 Å². The molecule has 1 aromatic carbocycles. The van der Waals surface area contributed by atoms with Gasteiger partial charge >= 0.3 is 0 Å². The molecule has 5 heterocycles.